The van der Waals surface area contributed by atoms with E-state index in [2.05, 4.69) is 0 Å². The summed E-state index contributed by atoms with van der Waals surface area (Å²) in [6, 6.07) is 7.02. The van der Waals surface area contributed by atoms with Crippen LogP contribution in [0, 0.1) is 0 Å². The normalized spacial score (nSPS) is 17.3. The number of fused-ring (bicyclic) bond motifs is 1. The minimum absolute atomic E-state index is 0.114. The molecule has 1 heterocycles. The fourth-order valence-electron chi connectivity index (χ4n) is 1.54. The largest absolute Gasteiger partial charge is 0.484 e. The molecule has 2 rings (SSSR count). The first-order valence-corrected chi connectivity index (χ1v) is 5.02. The van der Waals surface area contributed by atoms with Crippen molar-refractivity contribution >= 4 is 12.4 Å². The summed E-state index contributed by atoms with van der Waals surface area (Å²) < 4.78 is 10.9. The summed E-state index contributed by atoms with van der Waals surface area (Å²) >= 11 is 0. The highest BCUT2D eigenvalue weighted by atomic mass is 16.6. The Kier molecular flexibility index (Phi) is 3.13. The molecule has 1 aliphatic heterocycles. The minimum atomic E-state index is -1.10. The summed E-state index contributed by atoms with van der Waals surface area (Å²) in [6.07, 6.45) is -0.269. The number of hydrogen-bond acceptors (Lipinski definition) is 4. The van der Waals surface area contributed by atoms with Crippen LogP contribution in [0.2, 0.25) is 0 Å². The van der Waals surface area contributed by atoms with Crippen molar-refractivity contribution in [1.29, 1.82) is 0 Å². The molecule has 17 heavy (non-hydrogen) atoms. The van der Waals surface area contributed by atoms with Crippen LogP contribution >= 0.6 is 0 Å². The summed E-state index contributed by atoms with van der Waals surface area (Å²) in [6.45, 7) is -0.303. The number of benzene rings is 1. The number of hydrogen-bond donors (Lipinski definition) is 1. The summed E-state index contributed by atoms with van der Waals surface area (Å²) in [7, 11) is 0. The Morgan fingerprint density at radius 1 is 1.47 bits per heavy atom. The van der Waals surface area contributed by atoms with Gasteiger partial charge < -0.3 is 14.6 Å². The number of ether oxygens (including phenoxy) is 2. The molecule has 0 aromatic heterocycles. The molecule has 1 amide bonds. The van der Waals surface area contributed by atoms with Crippen LogP contribution in [0.15, 0.2) is 24.3 Å². The van der Waals surface area contributed by atoms with Crippen LogP contribution in [0.25, 0.3) is 0 Å². The summed E-state index contributed by atoms with van der Waals surface area (Å²) in [4.78, 5) is 22.4. The van der Waals surface area contributed by atoms with Gasteiger partial charge in [-0.15, -0.1) is 0 Å². The number of para-hydroxylation sites is 2. The maximum Gasteiger partial charge on any atom is 0.323 e. The first kappa shape index (κ1) is 11.3. The van der Waals surface area contributed by atoms with Gasteiger partial charge in [0.15, 0.2) is 11.5 Å². The highest BCUT2D eigenvalue weighted by Crippen LogP contribution is 2.31. The number of carboxylic acids is 1. The van der Waals surface area contributed by atoms with Crippen molar-refractivity contribution in [3.8, 4) is 11.5 Å². The molecule has 0 aliphatic carbocycles. The first-order valence-electron chi connectivity index (χ1n) is 5.02. The van der Waals surface area contributed by atoms with Crippen molar-refractivity contribution in [3.05, 3.63) is 24.3 Å². The van der Waals surface area contributed by atoms with Gasteiger partial charge in [-0.1, -0.05) is 12.1 Å². The van der Waals surface area contributed by atoms with Gasteiger partial charge in [0.2, 0.25) is 12.6 Å². The molecule has 0 saturated carbocycles. The molecule has 1 N–H and O–H groups in total. The van der Waals surface area contributed by atoms with Gasteiger partial charge in [-0.2, -0.15) is 0 Å². The van der Waals surface area contributed by atoms with Crippen LogP contribution in [0.3, 0.4) is 0 Å². The second kappa shape index (κ2) is 4.73. The Bertz CT molecular complexity index is 434. The van der Waals surface area contributed by atoms with Crippen LogP contribution in [0.5, 0.6) is 11.5 Å². The predicted octanol–water partition coefficient (Wildman–Crippen LogP) is 0.327. The van der Waals surface area contributed by atoms with Gasteiger partial charge in [-0.3, -0.25) is 14.5 Å². The van der Waals surface area contributed by atoms with E-state index < -0.39 is 18.7 Å². The van der Waals surface area contributed by atoms with Gasteiger partial charge in [0.25, 0.3) is 0 Å². The van der Waals surface area contributed by atoms with E-state index >= 15 is 0 Å². The van der Waals surface area contributed by atoms with E-state index in [9.17, 15) is 9.59 Å². The molecular weight excluding hydrogens is 226 g/mol. The zero-order valence-electron chi connectivity index (χ0n) is 8.91. The Labute approximate surface area is 97.4 Å². The first-order chi connectivity index (χ1) is 8.20. The lowest BCUT2D eigenvalue weighted by Crippen LogP contribution is -2.46. The molecule has 6 nitrogen and oxygen atoms in total. The predicted molar refractivity (Wildman–Crippen MR) is 56.8 cm³/mol. The Morgan fingerprint density at radius 2 is 2.18 bits per heavy atom. The van der Waals surface area contributed by atoms with Gasteiger partial charge in [0.1, 0.15) is 13.2 Å². The van der Waals surface area contributed by atoms with E-state index in [-0.39, 0.29) is 6.61 Å². The van der Waals surface area contributed by atoms with Crippen molar-refractivity contribution in [2.75, 3.05) is 13.2 Å². The summed E-state index contributed by atoms with van der Waals surface area (Å²) in [5, 5.41) is 8.64. The Hall–Kier alpha value is -2.24. The van der Waals surface area contributed by atoms with Crippen LogP contribution in [-0.2, 0) is 9.59 Å². The van der Waals surface area contributed by atoms with Crippen LogP contribution in [0.4, 0.5) is 0 Å². The third-order valence-corrected chi connectivity index (χ3v) is 2.32. The van der Waals surface area contributed by atoms with Gasteiger partial charge >= 0.3 is 5.97 Å². The van der Waals surface area contributed by atoms with E-state index in [4.69, 9.17) is 14.6 Å². The number of rotatable bonds is 4. The van der Waals surface area contributed by atoms with Gasteiger partial charge in [0.05, 0.1) is 0 Å². The fraction of sp³-hybridized carbons (Fsp3) is 0.273. The third kappa shape index (κ3) is 2.47. The second-order valence-electron chi connectivity index (χ2n) is 3.50. The third-order valence-electron chi connectivity index (χ3n) is 2.32. The molecule has 0 bridgehead atoms. The number of aliphatic carboxylic acids is 1. The minimum Gasteiger partial charge on any atom is -0.484 e. The van der Waals surface area contributed by atoms with Crippen LogP contribution in [0.1, 0.15) is 0 Å². The van der Waals surface area contributed by atoms with Crippen LogP contribution in [-0.4, -0.2) is 41.8 Å². The summed E-state index contributed by atoms with van der Waals surface area (Å²) in [5.74, 6) is -0.00882. The number of carboxylic acid groups (broad SMARTS) is 1. The smallest absolute Gasteiger partial charge is 0.323 e. The van der Waals surface area contributed by atoms with E-state index in [1.165, 1.54) is 0 Å². The summed E-state index contributed by atoms with van der Waals surface area (Å²) in [5.41, 5.74) is 0. The molecule has 90 valence electrons. The maximum absolute atomic E-state index is 10.8. The lowest BCUT2D eigenvalue weighted by molar-refractivity contribution is -0.147. The Balaban J connectivity index is 2.10. The van der Waals surface area contributed by atoms with Crippen molar-refractivity contribution in [1.82, 2.24) is 4.90 Å². The Morgan fingerprint density at radius 3 is 2.82 bits per heavy atom. The number of nitrogens with zero attached hydrogens (tertiary/aromatic N) is 1. The lowest BCUT2D eigenvalue weighted by atomic mass is 10.3. The maximum atomic E-state index is 10.8. The molecule has 0 fully saturated rings. The number of amides is 1. The molecule has 0 saturated heterocycles. The van der Waals surface area contributed by atoms with E-state index in [0.29, 0.717) is 17.9 Å². The highest BCUT2D eigenvalue weighted by Gasteiger charge is 2.26. The highest BCUT2D eigenvalue weighted by molar-refractivity contribution is 5.72. The lowest BCUT2D eigenvalue weighted by Gasteiger charge is -2.31. The van der Waals surface area contributed by atoms with Gasteiger partial charge in [-0.25, -0.2) is 0 Å². The molecule has 1 aliphatic rings. The molecule has 1 unspecified atom stereocenters. The quantitative estimate of drug-likeness (QED) is 0.763. The molecule has 1 aromatic carbocycles. The van der Waals surface area contributed by atoms with Crippen LogP contribution < -0.4 is 9.47 Å². The average molecular weight is 237 g/mol. The van der Waals surface area contributed by atoms with E-state index in [1.54, 1.807) is 24.3 Å². The number of carbonyl (C=O) groups is 2. The fourth-order valence-corrected chi connectivity index (χ4v) is 1.54. The molecule has 0 radical (unpaired) electrons. The molecule has 6 heteroatoms. The van der Waals surface area contributed by atoms with Crippen molar-refractivity contribution in [2.45, 2.75) is 6.23 Å². The molecule has 1 atom stereocenters. The topological polar surface area (TPSA) is 76.1 Å². The zero-order valence-corrected chi connectivity index (χ0v) is 8.91. The van der Waals surface area contributed by atoms with Gasteiger partial charge in [-0.05, 0) is 12.1 Å². The molecular formula is C11H11NO5. The standard InChI is InChI=1S/C11H11NO5/c13-7-12(5-11(14)15)10-6-16-8-3-1-2-4-9(8)17-10/h1-4,7,10H,5-6H2,(H,14,15). The van der Waals surface area contributed by atoms with E-state index in [1.807, 2.05) is 0 Å². The molecule has 0 spiro atoms. The molecule has 1 aromatic rings. The zero-order chi connectivity index (χ0) is 12.3. The van der Waals surface area contributed by atoms with E-state index in [0.717, 1.165) is 4.90 Å². The average Bonchev–Trinajstić information content (AvgIpc) is 2.35. The van der Waals surface area contributed by atoms with Gasteiger partial charge in [0, 0.05) is 0 Å². The van der Waals surface area contributed by atoms with Crippen molar-refractivity contribution in [2.24, 2.45) is 0 Å². The number of carbonyl (C=O) groups excluding carboxylic acids is 1. The SMILES string of the molecule is O=CN(CC(=O)O)C1COc2ccccc2O1. The van der Waals surface area contributed by atoms with Crippen molar-refractivity contribution < 1.29 is 24.2 Å². The second-order valence-corrected chi connectivity index (χ2v) is 3.50. The monoisotopic (exact) mass is 237 g/mol. The van der Waals surface area contributed by atoms with Crippen molar-refractivity contribution in [3.63, 3.8) is 0 Å².